The van der Waals surface area contributed by atoms with E-state index in [1.807, 2.05) is 26.0 Å². The second-order valence-corrected chi connectivity index (χ2v) is 9.57. The molecule has 0 aliphatic heterocycles. The molecule has 0 unspecified atom stereocenters. The number of hydrogen-bond donors (Lipinski definition) is 1. The van der Waals surface area contributed by atoms with Gasteiger partial charge in [-0.2, -0.15) is 0 Å². The Morgan fingerprint density at radius 3 is 2.34 bits per heavy atom. The summed E-state index contributed by atoms with van der Waals surface area (Å²) in [6.07, 6.45) is 0. The molecular formula is C24H25ClN2O4S. The van der Waals surface area contributed by atoms with Crippen LogP contribution in [0.2, 0.25) is 5.02 Å². The normalized spacial score (nSPS) is 11.1. The number of amides is 1. The van der Waals surface area contributed by atoms with Crippen molar-refractivity contribution in [3.05, 3.63) is 88.9 Å². The van der Waals surface area contributed by atoms with Crippen molar-refractivity contribution < 1.29 is 17.9 Å². The van der Waals surface area contributed by atoms with Crippen LogP contribution in [0.3, 0.4) is 0 Å². The van der Waals surface area contributed by atoms with Crippen LogP contribution >= 0.6 is 11.6 Å². The van der Waals surface area contributed by atoms with E-state index in [0.717, 1.165) is 15.4 Å². The van der Waals surface area contributed by atoms with Crippen LogP contribution in [-0.2, 0) is 14.8 Å². The first-order chi connectivity index (χ1) is 15.3. The minimum Gasteiger partial charge on any atom is -0.492 e. The number of halogens is 1. The van der Waals surface area contributed by atoms with Gasteiger partial charge in [-0.05, 0) is 61.9 Å². The van der Waals surface area contributed by atoms with Crippen LogP contribution in [0.1, 0.15) is 11.1 Å². The van der Waals surface area contributed by atoms with Gasteiger partial charge in [-0.15, -0.1) is 0 Å². The quantitative estimate of drug-likeness (QED) is 0.470. The number of aryl methyl sites for hydroxylation is 2. The molecule has 6 nitrogen and oxygen atoms in total. The third kappa shape index (κ3) is 6.02. The summed E-state index contributed by atoms with van der Waals surface area (Å²) in [4.78, 5) is 12.8. The smallest absolute Gasteiger partial charge is 0.264 e. The Kier molecular flexibility index (Phi) is 7.77. The molecule has 1 N–H and O–H groups in total. The summed E-state index contributed by atoms with van der Waals surface area (Å²) in [5, 5.41) is 3.33. The summed E-state index contributed by atoms with van der Waals surface area (Å²) in [5.74, 6) is 0.205. The van der Waals surface area contributed by atoms with Crippen molar-refractivity contribution in [2.45, 2.75) is 18.7 Å². The molecule has 8 heteroatoms. The maximum Gasteiger partial charge on any atom is 0.264 e. The molecule has 3 aromatic carbocycles. The van der Waals surface area contributed by atoms with Crippen LogP contribution in [0, 0.1) is 13.8 Å². The molecule has 0 fully saturated rings. The molecule has 1 amide bonds. The summed E-state index contributed by atoms with van der Waals surface area (Å²) in [6.45, 7) is 3.88. The summed E-state index contributed by atoms with van der Waals surface area (Å²) >= 11 is 5.85. The van der Waals surface area contributed by atoms with Crippen molar-refractivity contribution in [2.75, 3.05) is 24.0 Å². The summed E-state index contributed by atoms with van der Waals surface area (Å²) in [6, 6.07) is 20.4. The zero-order valence-corrected chi connectivity index (χ0v) is 19.5. The molecule has 0 heterocycles. The van der Waals surface area contributed by atoms with Gasteiger partial charge < -0.3 is 10.1 Å². The third-order valence-corrected chi connectivity index (χ3v) is 6.77. The molecule has 0 radical (unpaired) electrons. The Morgan fingerprint density at radius 1 is 1.00 bits per heavy atom. The standard InChI is InChI=1S/C24H25ClN2O4S/c1-18-8-13-23(19(2)16-18)27(32(29,30)22-6-4-3-5-7-22)17-24(28)26-14-15-31-21-11-9-20(25)10-12-21/h3-13,16H,14-15,17H2,1-2H3,(H,26,28). The zero-order chi connectivity index (χ0) is 23.1. The lowest BCUT2D eigenvalue weighted by Crippen LogP contribution is -2.42. The number of rotatable bonds is 9. The fraction of sp³-hybridized carbons (Fsp3) is 0.208. The van der Waals surface area contributed by atoms with Crippen molar-refractivity contribution in [1.82, 2.24) is 5.32 Å². The van der Waals surface area contributed by atoms with E-state index in [1.165, 1.54) is 12.1 Å². The monoisotopic (exact) mass is 472 g/mol. The first-order valence-corrected chi connectivity index (χ1v) is 11.9. The van der Waals surface area contributed by atoms with Gasteiger partial charge in [0.2, 0.25) is 5.91 Å². The number of anilines is 1. The molecule has 0 aromatic heterocycles. The number of carbonyl (C=O) groups is 1. The zero-order valence-electron chi connectivity index (χ0n) is 17.9. The van der Waals surface area contributed by atoms with Gasteiger partial charge in [0.25, 0.3) is 10.0 Å². The third-order valence-electron chi connectivity index (χ3n) is 4.75. The van der Waals surface area contributed by atoms with E-state index in [2.05, 4.69) is 5.32 Å². The number of hydrogen-bond acceptors (Lipinski definition) is 4. The van der Waals surface area contributed by atoms with Gasteiger partial charge in [0, 0.05) is 5.02 Å². The molecule has 0 bridgehead atoms. The van der Waals surface area contributed by atoms with Crippen LogP contribution < -0.4 is 14.4 Å². The Morgan fingerprint density at radius 2 is 1.69 bits per heavy atom. The molecule has 168 valence electrons. The molecule has 3 aromatic rings. The lowest BCUT2D eigenvalue weighted by atomic mass is 10.1. The number of sulfonamides is 1. The van der Waals surface area contributed by atoms with Gasteiger partial charge >= 0.3 is 0 Å². The van der Waals surface area contributed by atoms with Crippen molar-refractivity contribution in [1.29, 1.82) is 0 Å². The molecule has 32 heavy (non-hydrogen) atoms. The van der Waals surface area contributed by atoms with E-state index in [0.29, 0.717) is 16.5 Å². The molecule has 0 aliphatic rings. The van der Waals surface area contributed by atoms with E-state index in [-0.39, 0.29) is 24.6 Å². The van der Waals surface area contributed by atoms with Gasteiger partial charge in [-0.3, -0.25) is 9.10 Å². The Bertz CT molecular complexity index is 1170. The molecular weight excluding hydrogens is 448 g/mol. The highest BCUT2D eigenvalue weighted by Crippen LogP contribution is 2.27. The highest BCUT2D eigenvalue weighted by atomic mass is 35.5. The number of carbonyl (C=O) groups excluding carboxylic acids is 1. The predicted molar refractivity (Wildman–Crippen MR) is 127 cm³/mol. The molecule has 0 spiro atoms. The second kappa shape index (κ2) is 10.5. The SMILES string of the molecule is Cc1ccc(N(CC(=O)NCCOc2ccc(Cl)cc2)S(=O)(=O)c2ccccc2)c(C)c1. The maximum atomic E-state index is 13.4. The van der Waals surface area contributed by atoms with Gasteiger partial charge in [-0.25, -0.2) is 8.42 Å². The Balaban J connectivity index is 1.72. The van der Waals surface area contributed by atoms with Crippen molar-refractivity contribution in [2.24, 2.45) is 0 Å². The number of nitrogens with zero attached hydrogens (tertiary/aromatic N) is 1. The lowest BCUT2D eigenvalue weighted by Gasteiger charge is -2.26. The van der Waals surface area contributed by atoms with E-state index >= 15 is 0 Å². The predicted octanol–water partition coefficient (Wildman–Crippen LogP) is 4.35. The second-order valence-electron chi connectivity index (χ2n) is 7.27. The van der Waals surface area contributed by atoms with E-state index < -0.39 is 15.9 Å². The first-order valence-electron chi connectivity index (χ1n) is 10.1. The largest absolute Gasteiger partial charge is 0.492 e. The van der Waals surface area contributed by atoms with Crippen molar-refractivity contribution >= 4 is 33.2 Å². The molecule has 0 saturated heterocycles. The molecule has 0 saturated carbocycles. The molecule has 0 aliphatic carbocycles. The number of ether oxygens (including phenoxy) is 1. The fourth-order valence-corrected chi connectivity index (χ4v) is 4.81. The average molecular weight is 473 g/mol. The van der Waals surface area contributed by atoms with Gasteiger partial charge in [-0.1, -0.05) is 47.5 Å². The van der Waals surface area contributed by atoms with Crippen LogP contribution in [0.4, 0.5) is 5.69 Å². The molecule has 3 rings (SSSR count). The van der Waals surface area contributed by atoms with Crippen LogP contribution in [-0.4, -0.2) is 34.0 Å². The van der Waals surface area contributed by atoms with Gasteiger partial charge in [0.1, 0.15) is 18.9 Å². The van der Waals surface area contributed by atoms with E-state index in [4.69, 9.17) is 16.3 Å². The number of benzene rings is 3. The minimum absolute atomic E-state index is 0.124. The van der Waals surface area contributed by atoms with Crippen molar-refractivity contribution in [3.63, 3.8) is 0 Å². The van der Waals surface area contributed by atoms with E-state index in [9.17, 15) is 13.2 Å². The van der Waals surface area contributed by atoms with Gasteiger partial charge in [0.15, 0.2) is 0 Å². The lowest BCUT2D eigenvalue weighted by molar-refractivity contribution is -0.119. The highest BCUT2D eigenvalue weighted by Gasteiger charge is 2.28. The van der Waals surface area contributed by atoms with Crippen molar-refractivity contribution in [3.8, 4) is 5.75 Å². The van der Waals surface area contributed by atoms with Crippen LogP contribution in [0.15, 0.2) is 77.7 Å². The average Bonchev–Trinajstić information content (AvgIpc) is 2.77. The first kappa shape index (κ1) is 23.6. The van der Waals surface area contributed by atoms with Crippen LogP contribution in [0.25, 0.3) is 0 Å². The minimum atomic E-state index is -3.93. The Hall–Kier alpha value is -3.03. The van der Waals surface area contributed by atoms with Gasteiger partial charge in [0.05, 0.1) is 17.1 Å². The Labute approximate surface area is 193 Å². The highest BCUT2D eigenvalue weighted by molar-refractivity contribution is 7.92. The van der Waals surface area contributed by atoms with Crippen LogP contribution in [0.5, 0.6) is 5.75 Å². The fourth-order valence-electron chi connectivity index (χ4n) is 3.18. The summed E-state index contributed by atoms with van der Waals surface area (Å²) in [5.41, 5.74) is 2.24. The summed E-state index contributed by atoms with van der Waals surface area (Å²) < 4.78 is 33.4. The topological polar surface area (TPSA) is 75.7 Å². The number of nitrogens with one attached hydrogen (secondary N) is 1. The summed E-state index contributed by atoms with van der Waals surface area (Å²) in [7, 11) is -3.93. The maximum absolute atomic E-state index is 13.4. The molecule has 0 atom stereocenters. The van der Waals surface area contributed by atoms with E-state index in [1.54, 1.807) is 48.5 Å².